The van der Waals surface area contributed by atoms with Crippen LogP contribution < -0.4 is 4.90 Å². The van der Waals surface area contributed by atoms with Crippen LogP contribution in [0.5, 0.6) is 0 Å². The van der Waals surface area contributed by atoms with Crippen molar-refractivity contribution in [2.75, 3.05) is 37.6 Å². The van der Waals surface area contributed by atoms with Gasteiger partial charge in [-0.05, 0) is 81.0 Å². The lowest BCUT2D eigenvalue weighted by molar-refractivity contribution is -0.137. The number of rotatable bonds is 6. The molecule has 3 heterocycles. The van der Waals surface area contributed by atoms with Crippen LogP contribution in [0.15, 0.2) is 54.6 Å². The van der Waals surface area contributed by atoms with Crippen molar-refractivity contribution in [2.24, 2.45) is 0 Å². The second-order valence-electron chi connectivity index (χ2n) is 11.8. The fraction of sp³-hybridized carbons (Fsp3) is 0.562. The van der Waals surface area contributed by atoms with Gasteiger partial charge >= 0.3 is 6.03 Å². The molecule has 3 aliphatic heterocycles. The molecule has 6 heteroatoms. The summed E-state index contributed by atoms with van der Waals surface area (Å²) in [5, 5.41) is 0. The molecule has 4 fully saturated rings. The summed E-state index contributed by atoms with van der Waals surface area (Å²) in [6.07, 6.45) is 8.03. The predicted molar refractivity (Wildman–Crippen MR) is 151 cm³/mol. The number of likely N-dealkylation sites (N-methyl/N-ethyl adjacent to an activating group) is 1. The number of amides is 3. The zero-order chi connectivity index (χ0) is 26.1. The number of anilines is 1. The smallest absolute Gasteiger partial charge is 0.327 e. The van der Waals surface area contributed by atoms with Gasteiger partial charge in [0, 0.05) is 51.0 Å². The van der Waals surface area contributed by atoms with Gasteiger partial charge in [-0.3, -0.25) is 14.6 Å². The van der Waals surface area contributed by atoms with Crippen LogP contribution in [0.1, 0.15) is 75.3 Å². The Morgan fingerprint density at radius 3 is 2.24 bits per heavy atom. The molecule has 4 aliphatic rings. The summed E-state index contributed by atoms with van der Waals surface area (Å²) >= 11 is 0. The van der Waals surface area contributed by atoms with Crippen molar-refractivity contribution >= 4 is 17.6 Å². The maximum absolute atomic E-state index is 14.1. The molecule has 3 saturated heterocycles. The van der Waals surface area contributed by atoms with Crippen LogP contribution in [0.3, 0.4) is 0 Å². The third-order valence-corrected chi connectivity index (χ3v) is 9.67. The van der Waals surface area contributed by atoms with Crippen molar-refractivity contribution < 1.29 is 9.59 Å². The van der Waals surface area contributed by atoms with Gasteiger partial charge in [-0.15, -0.1) is 0 Å². The van der Waals surface area contributed by atoms with Crippen molar-refractivity contribution in [2.45, 2.75) is 82.3 Å². The van der Waals surface area contributed by atoms with E-state index in [1.54, 1.807) is 4.90 Å². The Labute approximate surface area is 227 Å². The lowest BCUT2D eigenvalue weighted by atomic mass is 9.80. The summed E-state index contributed by atoms with van der Waals surface area (Å²) < 4.78 is 0. The van der Waals surface area contributed by atoms with E-state index in [1.807, 2.05) is 11.8 Å². The molecule has 6 nitrogen and oxygen atoms in total. The van der Waals surface area contributed by atoms with E-state index in [0.717, 1.165) is 58.2 Å². The SMILES string of the molecule is CCN1C(=O)N(C2CCCC(c3ccccc3)C2)C(=O)C12CCN(Cc1ccc(N3CCCC3)cc1)CC2. The molecule has 1 spiro atoms. The van der Waals surface area contributed by atoms with E-state index in [1.165, 1.54) is 42.7 Å². The van der Waals surface area contributed by atoms with Gasteiger partial charge < -0.3 is 9.80 Å². The van der Waals surface area contributed by atoms with E-state index in [4.69, 9.17) is 0 Å². The number of hydrogen-bond donors (Lipinski definition) is 0. The van der Waals surface area contributed by atoms with Gasteiger partial charge in [0.1, 0.15) is 5.54 Å². The minimum absolute atomic E-state index is 0.00883. The maximum atomic E-state index is 14.1. The highest BCUT2D eigenvalue weighted by Crippen LogP contribution is 2.42. The van der Waals surface area contributed by atoms with E-state index in [0.29, 0.717) is 12.5 Å². The fourth-order valence-electron chi connectivity index (χ4n) is 7.54. The Kier molecular flexibility index (Phi) is 7.17. The highest BCUT2D eigenvalue weighted by atomic mass is 16.2. The van der Waals surface area contributed by atoms with Crippen molar-refractivity contribution in [1.29, 1.82) is 0 Å². The molecule has 3 amide bonds. The number of carbonyl (C=O) groups excluding carboxylic acids is 2. The molecule has 2 unspecified atom stereocenters. The van der Waals surface area contributed by atoms with Crippen molar-refractivity contribution in [3.8, 4) is 0 Å². The molecule has 1 aliphatic carbocycles. The summed E-state index contributed by atoms with van der Waals surface area (Å²) in [6, 6.07) is 19.6. The first-order valence-electron chi connectivity index (χ1n) is 14.9. The molecule has 38 heavy (non-hydrogen) atoms. The van der Waals surface area contributed by atoms with Crippen molar-refractivity contribution in [1.82, 2.24) is 14.7 Å². The summed E-state index contributed by atoms with van der Waals surface area (Å²) in [4.78, 5) is 36.3. The lowest BCUT2D eigenvalue weighted by Crippen LogP contribution is -2.56. The van der Waals surface area contributed by atoms with Crippen LogP contribution in [0.4, 0.5) is 10.5 Å². The summed E-state index contributed by atoms with van der Waals surface area (Å²) in [5.41, 5.74) is 3.32. The van der Waals surface area contributed by atoms with E-state index in [-0.39, 0.29) is 18.0 Å². The summed E-state index contributed by atoms with van der Waals surface area (Å²) in [7, 11) is 0. The Morgan fingerprint density at radius 2 is 1.55 bits per heavy atom. The van der Waals surface area contributed by atoms with Gasteiger partial charge in [0.05, 0.1) is 0 Å². The number of nitrogens with zero attached hydrogens (tertiary/aromatic N) is 4. The molecule has 2 aromatic rings. The number of piperidine rings is 1. The van der Waals surface area contributed by atoms with Crippen LogP contribution in [-0.4, -0.2) is 70.9 Å². The monoisotopic (exact) mass is 514 g/mol. The Balaban J connectivity index is 1.12. The van der Waals surface area contributed by atoms with E-state index >= 15 is 0 Å². The maximum Gasteiger partial charge on any atom is 0.327 e. The van der Waals surface area contributed by atoms with Crippen LogP contribution in [0.2, 0.25) is 0 Å². The van der Waals surface area contributed by atoms with Crippen molar-refractivity contribution in [3.05, 3.63) is 65.7 Å². The number of carbonyl (C=O) groups is 2. The number of likely N-dealkylation sites (tertiary alicyclic amines) is 1. The average Bonchev–Trinajstić information content (AvgIpc) is 3.57. The first kappa shape index (κ1) is 25.4. The highest BCUT2D eigenvalue weighted by Gasteiger charge is 2.59. The lowest BCUT2D eigenvalue weighted by Gasteiger charge is -2.42. The molecule has 0 bridgehead atoms. The number of urea groups is 1. The van der Waals surface area contributed by atoms with E-state index in [2.05, 4.69) is 64.4 Å². The minimum Gasteiger partial charge on any atom is -0.372 e. The Bertz CT molecular complexity index is 1120. The van der Waals surface area contributed by atoms with Crippen LogP contribution >= 0.6 is 0 Å². The topological polar surface area (TPSA) is 47.1 Å². The largest absolute Gasteiger partial charge is 0.372 e. The minimum atomic E-state index is -0.665. The fourth-order valence-corrected chi connectivity index (χ4v) is 7.54. The first-order valence-corrected chi connectivity index (χ1v) is 14.9. The summed E-state index contributed by atoms with van der Waals surface area (Å²) in [5.74, 6) is 0.485. The molecular formula is C32H42N4O2. The predicted octanol–water partition coefficient (Wildman–Crippen LogP) is 5.63. The molecule has 2 aromatic carbocycles. The van der Waals surface area contributed by atoms with Crippen LogP contribution in [0, 0.1) is 0 Å². The second kappa shape index (κ2) is 10.7. The molecule has 6 rings (SSSR count). The third kappa shape index (κ3) is 4.61. The number of benzene rings is 2. The van der Waals surface area contributed by atoms with Crippen molar-refractivity contribution in [3.63, 3.8) is 0 Å². The number of imide groups is 1. The third-order valence-electron chi connectivity index (χ3n) is 9.67. The summed E-state index contributed by atoms with van der Waals surface area (Å²) in [6.45, 7) is 7.53. The first-order chi connectivity index (χ1) is 18.6. The van der Waals surface area contributed by atoms with Gasteiger partial charge in [-0.25, -0.2) is 4.79 Å². The highest BCUT2D eigenvalue weighted by molar-refractivity contribution is 6.07. The van der Waals surface area contributed by atoms with Gasteiger partial charge in [-0.1, -0.05) is 48.9 Å². The Hall–Kier alpha value is -2.86. The molecular weight excluding hydrogens is 472 g/mol. The zero-order valence-corrected chi connectivity index (χ0v) is 22.9. The molecule has 0 aromatic heterocycles. The zero-order valence-electron chi connectivity index (χ0n) is 22.9. The second-order valence-corrected chi connectivity index (χ2v) is 11.8. The van der Waals surface area contributed by atoms with E-state index < -0.39 is 5.54 Å². The molecule has 1 saturated carbocycles. The normalized spacial score (nSPS) is 26.1. The standard InChI is InChI=1S/C32H42N4O2/c1-2-35-31(38)36(29-12-8-11-27(23-29)26-9-4-3-5-10-26)30(37)32(35)17-21-33(22-18-32)24-25-13-15-28(16-14-25)34-19-6-7-20-34/h3-5,9-10,13-16,27,29H,2,6-8,11-12,17-24H2,1H3. The molecule has 0 N–H and O–H groups in total. The molecule has 202 valence electrons. The van der Waals surface area contributed by atoms with Gasteiger partial charge in [0.2, 0.25) is 0 Å². The van der Waals surface area contributed by atoms with Gasteiger partial charge in [0.25, 0.3) is 5.91 Å². The van der Waals surface area contributed by atoms with Gasteiger partial charge in [0.15, 0.2) is 0 Å². The van der Waals surface area contributed by atoms with E-state index in [9.17, 15) is 9.59 Å². The van der Waals surface area contributed by atoms with Crippen LogP contribution in [0.25, 0.3) is 0 Å². The number of hydrogen-bond acceptors (Lipinski definition) is 4. The molecule has 2 atom stereocenters. The quantitative estimate of drug-likeness (QED) is 0.469. The average molecular weight is 515 g/mol. The molecule has 0 radical (unpaired) electrons. The van der Waals surface area contributed by atoms with Crippen LogP contribution in [-0.2, 0) is 11.3 Å². The Morgan fingerprint density at radius 1 is 0.842 bits per heavy atom. The van der Waals surface area contributed by atoms with Gasteiger partial charge in [-0.2, -0.15) is 0 Å².